The van der Waals surface area contributed by atoms with Gasteiger partial charge in [-0.2, -0.15) is 0 Å². The lowest BCUT2D eigenvalue weighted by Crippen LogP contribution is -2.53. The smallest absolute Gasteiger partial charge is 0.264 e. The number of benzene rings is 4. The minimum Gasteiger partial charge on any atom is -0.494 e. The first kappa shape index (κ1) is 35.2. The van der Waals surface area contributed by atoms with Crippen molar-refractivity contribution in [2.24, 2.45) is 0 Å². The molecule has 1 atom stereocenters. The molecule has 0 aliphatic heterocycles. The van der Waals surface area contributed by atoms with Crippen LogP contribution in [0, 0.1) is 0 Å². The molecule has 0 aliphatic carbocycles. The number of amides is 2. The van der Waals surface area contributed by atoms with Gasteiger partial charge in [-0.25, -0.2) is 8.42 Å². The average Bonchev–Trinajstić information content (AvgIpc) is 3.07. The van der Waals surface area contributed by atoms with Gasteiger partial charge in [0.2, 0.25) is 11.8 Å². The number of carbonyl (C=O) groups is 2. The zero-order valence-electron chi connectivity index (χ0n) is 25.7. The number of rotatable bonds is 14. The van der Waals surface area contributed by atoms with Crippen LogP contribution in [-0.2, 0) is 32.6 Å². The third-order valence-electron chi connectivity index (χ3n) is 7.22. The Morgan fingerprint density at radius 2 is 1.57 bits per heavy atom. The molecule has 0 radical (unpaired) electrons. The monoisotopic (exact) mass is 699 g/mol. The van der Waals surface area contributed by atoms with Gasteiger partial charge in [0.1, 0.15) is 18.3 Å². The van der Waals surface area contributed by atoms with Crippen LogP contribution in [-0.4, -0.2) is 57.6 Å². The van der Waals surface area contributed by atoms with Crippen molar-refractivity contribution in [3.63, 3.8) is 0 Å². The molecular weight excluding hydrogens is 665 g/mol. The Morgan fingerprint density at radius 3 is 2.15 bits per heavy atom. The van der Waals surface area contributed by atoms with Crippen LogP contribution < -0.4 is 14.4 Å². The third kappa shape index (κ3) is 8.76. The van der Waals surface area contributed by atoms with E-state index in [1.165, 1.54) is 35.8 Å². The molecule has 4 aromatic rings. The summed E-state index contributed by atoms with van der Waals surface area (Å²) in [5.41, 5.74) is 1.71. The minimum atomic E-state index is -4.23. The fraction of sp³-hybridized carbons (Fsp3) is 0.235. The number of sulfonamides is 1. The standard InChI is InChI=1S/C34H35Cl2N3O5S2/c1-4-44-27-13-11-26(12-14-27)39(46(42,43)29-17-15-28(45-3)16-18-29)23-33(40)38(22-25-10-19-30(35)31(36)20-25)32(34(41)37-2)21-24-8-6-5-7-9-24/h5-20,32H,4,21-23H2,1-3H3,(H,37,41). The molecule has 2 amide bonds. The highest BCUT2D eigenvalue weighted by Gasteiger charge is 2.34. The zero-order valence-corrected chi connectivity index (χ0v) is 28.8. The predicted molar refractivity (Wildman–Crippen MR) is 185 cm³/mol. The molecule has 0 bridgehead atoms. The molecule has 0 spiro atoms. The molecule has 0 fully saturated rings. The summed E-state index contributed by atoms with van der Waals surface area (Å²) < 4.78 is 35.0. The molecule has 46 heavy (non-hydrogen) atoms. The van der Waals surface area contributed by atoms with Gasteiger partial charge in [0.15, 0.2) is 0 Å². The summed E-state index contributed by atoms with van der Waals surface area (Å²) in [5.74, 6) is -0.433. The zero-order chi connectivity index (χ0) is 33.3. The second kappa shape index (κ2) is 16.2. The number of anilines is 1. The Balaban J connectivity index is 1.80. The van der Waals surface area contributed by atoms with Gasteiger partial charge in [-0.15, -0.1) is 11.8 Å². The SMILES string of the molecule is CCOc1ccc(N(CC(=O)N(Cc2ccc(Cl)c(Cl)c2)C(Cc2ccccc2)C(=O)NC)S(=O)(=O)c2ccc(SC)cc2)cc1. The Kier molecular flexibility index (Phi) is 12.4. The maximum atomic E-state index is 14.4. The molecule has 12 heteroatoms. The first-order chi connectivity index (χ1) is 22.1. The summed E-state index contributed by atoms with van der Waals surface area (Å²) in [6, 6.07) is 26.2. The largest absolute Gasteiger partial charge is 0.494 e. The number of thioether (sulfide) groups is 1. The van der Waals surface area contributed by atoms with E-state index < -0.39 is 34.4 Å². The van der Waals surface area contributed by atoms with E-state index in [0.29, 0.717) is 28.0 Å². The number of hydrogen-bond donors (Lipinski definition) is 1. The van der Waals surface area contributed by atoms with Gasteiger partial charge in [0.25, 0.3) is 10.0 Å². The van der Waals surface area contributed by atoms with E-state index in [1.807, 2.05) is 43.5 Å². The van der Waals surface area contributed by atoms with Crippen molar-refractivity contribution < 1.29 is 22.7 Å². The Morgan fingerprint density at radius 1 is 0.891 bits per heavy atom. The number of carbonyl (C=O) groups excluding carboxylic acids is 2. The van der Waals surface area contributed by atoms with Gasteiger partial charge in [-0.1, -0.05) is 59.6 Å². The van der Waals surface area contributed by atoms with Crippen molar-refractivity contribution in [1.82, 2.24) is 10.2 Å². The van der Waals surface area contributed by atoms with Gasteiger partial charge in [0.05, 0.1) is 27.2 Å². The molecule has 4 rings (SSSR count). The van der Waals surface area contributed by atoms with Crippen molar-refractivity contribution >= 4 is 62.5 Å². The van der Waals surface area contributed by atoms with Crippen LogP contribution in [0.25, 0.3) is 0 Å². The van der Waals surface area contributed by atoms with Crippen molar-refractivity contribution in [3.8, 4) is 5.75 Å². The lowest BCUT2D eigenvalue weighted by atomic mass is 10.0. The summed E-state index contributed by atoms with van der Waals surface area (Å²) in [6.45, 7) is 1.68. The molecule has 0 aliphatic rings. The van der Waals surface area contributed by atoms with Crippen LogP contribution in [0.5, 0.6) is 5.75 Å². The molecule has 242 valence electrons. The van der Waals surface area contributed by atoms with Crippen molar-refractivity contribution in [3.05, 3.63) is 118 Å². The van der Waals surface area contributed by atoms with E-state index in [-0.39, 0.29) is 23.5 Å². The molecule has 0 aromatic heterocycles. The summed E-state index contributed by atoms with van der Waals surface area (Å²) in [7, 11) is -2.73. The number of nitrogens with zero attached hydrogens (tertiary/aromatic N) is 2. The topological polar surface area (TPSA) is 96.0 Å². The minimum absolute atomic E-state index is 0.0233. The van der Waals surface area contributed by atoms with E-state index >= 15 is 0 Å². The van der Waals surface area contributed by atoms with Crippen LogP contribution in [0.1, 0.15) is 18.1 Å². The fourth-order valence-electron chi connectivity index (χ4n) is 4.83. The number of likely N-dealkylation sites (N-methyl/N-ethyl adjacent to an activating group) is 1. The molecule has 1 N–H and O–H groups in total. The number of nitrogens with one attached hydrogen (secondary N) is 1. The number of hydrogen-bond acceptors (Lipinski definition) is 6. The van der Waals surface area contributed by atoms with E-state index in [4.69, 9.17) is 27.9 Å². The van der Waals surface area contributed by atoms with Crippen LogP contribution in [0.2, 0.25) is 10.0 Å². The van der Waals surface area contributed by atoms with E-state index in [9.17, 15) is 18.0 Å². The molecule has 0 saturated carbocycles. The maximum absolute atomic E-state index is 14.4. The maximum Gasteiger partial charge on any atom is 0.264 e. The summed E-state index contributed by atoms with van der Waals surface area (Å²) in [4.78, 5) is 30.1. The van der Waals surface area contributed by atoms with Crippen LogP contribution in [0.3, 0.4) is 0 Å². The number of halogens is 2. The normalized spacial score (nSPS) is 11.8. The highest BCUT2D eigenvalue weighted by atomic mass is 35.5. The van der Waals surface area contributed by atoms with E-state index in [0.717, 1.165) is 14.8 Å². The first-order valence-electron chi connectivity index (χ1n) is 14.5. The van der Waals surface area contributed by atoms with E-state index in [1.54, 1.807) is 54.6 Å². The summed E-state index contributed by atoms with van der Waals surface area (Å²) in [6.07, 6.45) is 2.09. The molecular formula is C34H35Cl2N3O5S2. The number of ether oxygens (including phenoxy) is 1. The van der Waals surface area contributed by atoms with Crippen LogP contribution in [0.4, 0.5) is 5.69 Å². The van der Waals surface area contributed by atoms with Gasteiger partial charge in [0, 0.05) is 24.9 Å². The average molecular weight is 701 g/mol. The molecule has 4 aromatic carbocycles. The Labute approximate surface area is 284 Å². The molecule has 0 saturated heterocycles. The third-order valence-corrected chi connectivity index (χ3v) is 10.5. The lowest BCUT2D eigenvalue weighted by molar-refractivity contribution is -0.139. The lowest BCUT2D eigenvalue weighted by Gasteiger charge is -2.33. The van der Waals surface area contributed by atoms with E-state index in [2.05, 4.69) is 5.32 Å². The van der Waals surface area contributed by atoms with Gasteiger partial charge in [-0.05, 0) is 85.0 Å². The fourth-order valence-corrected chi connectivity index (χ4v) is 6.98. The highest BCUT2D eigenvalue weighted by Crippen LogP contribution is 2.29. The van der Waals surface area contributed by atoms with Gasteiger partial charge in [-0.3, -0.25) is 13.9 Å². The second-order valence-corrected chi connectivity index (χ2v) is 13.8. The first-order valence-corrected chi connectivity index (χ1v) is 17.9. The van der Waals surface area contributed by atoms with Crippen molar-refractivity contribution in [2.75, 3.05) is 30.8 Å². The molecule has 8 nitrogen and oxygen atoms in total. The second-order valence-electron chi connectivity index (χ2n) is 10.2. The summed E-state index contributed by atoms with van der Waals surface area (Å²) in [5, 5.41) is 3.30. The van der Waals surface area contributed by atoms with Gasteiger partial charge >= 0.3 is 0 Å². The Hall–Kier alpha value is -3.70. The highest BCUT2D eigenvalue weighted by molar-refractivity contribution is 7.98. The van der Waals surface area contributed by atoms with Crippen LogP contribution in [0.15, 0.2) is 107 Å². The molecule has 0 heterocycles. The quantitative estimate of drug-likeness (QED) is 0.147. The van der Waals surface area contributed by atoms with Crippen LogP contribution >= 0.6 is 35.0 Å². The summed E-state index contributed by atoms with van der Waals surface area (Å²) >= 11 is 14.0. The van der Waals surface area contributed by atoms with Crippen molar-refractivity contribution in [2.45, 2.75) is 35.7 Å². The molecule has 1 unspecified atom stereocenters. The van der Waals surface area contributed by atoms with Gasteiger partial charge < -0.3 is 15.0 Å². The Bertz CT molecular complexity index is 1740. The predicted octanol–water partition coefficient (Wildman–Crippen LogP) is 6.70. The van der Waals surface area contributed by atoms with Crippen molar-refractivity contribution in [1.29, 1.82) is 0 Å².